The molecule has 0 bridgehead atoms. The lowest BCUT2D eigenvalue weighted by Gasteiger charge is -2.17. The largest absolute Gasteiger partial charge is 0.508 e. The lowest BCUT2D eigenvalue weighted by molar-refractivity contribution is -0.664. The van der Waals surface area contributed by atoms with Crippen LogP contribution in [-0.4, -0.2) is 29.2 Å². The Hall–Kier alpha value is -1.76. The molecule has 0 aliphatic carbocycles. The first-order valence-corrected chi connectivity index (χ1v) is 4.23. The summed E-state index contributed by atoms with van der Waals surface area (Å²) in [6, 6.07) is 0. The number of esters is 1. The van der Waals surface area contributed by atoms with Gasteiger partial charge in [-0.2, -0.15) is 0 Å². The van der Waals surface area contributed by atoms with Gasteiger partial charge in [0.15, 0.2) is 6.29 Å². The van der Waals surface area contributed by atoms with E-state index in [0.717, 1.165) is 6.08 Å². The predicted molar refractivity (Wildman–Crippen MR) is 46.2 cm³/mol. The topological polar surface area (TPSA) is 95.7 Å². The summed E-state index contributed by atoms with van der Waals surface area (Å²) in [6.45, 7) is 1.49. The van der Waals surface area contributed by atoms with Gasteiger partial charge in [-0.1, -0.05) is 6.92 Å². The molecule has 1 aliphatic rings. The van der Waals surface area contributed by atoms with E-state index in [0.29, 0.717) is 6.29 Å². The maximum atomic E-state index is 10.9. The summed E-state index contributed by atoms with van der Waals surface area (Å²) in [5, 5.41) is 10.7. The van der Waals surface area contributed by atoms with Crippen LogP contribution < -0.4 is 0 Å². The molecule has 82 valence electrons. The number of ether oxygens (including phenoxy) is 2. The maximum absolute atomic E-state index is 10.9. The summed E-state index contributed by atoms with van der Waals surface area (Å²) in [7, 11) is 0. The molecule has 7 heteroatoms. The van der Waals surface area contributed by atoms with Crippen molar-refractivity contribution in [2.75, 3.05) is 0 Å². The number of carbonyl (C=O) groups is 2. The number of rotatable bonds is 4. The van der Waals surface area contributed by atoms with Gasteiger partial charge >= 0.3 is 11.9 Å². The van der Waals surface area contributed by atoms with Gasteiger partial charge in [-0.05, 0) is 6.08 Å². The summed E-state index contributed by atoms with van der Waals surface area (Å²) in [5.74, 6) is -3.12. The molecule has 2 unspecified atom stereocenters. The van der Waals surface area contributed by atoms with Crippen molar-refractivity contribution in [2.24, 2.45) is 0 Å². The lowest BCUT2D eigenvalue weighted by atomic mass is 10.4. The van der Waals surface area contributed by atoms with E-state index in [1.54, 1.807) is 0 Å². The van der Waals surface area contributed by atoms with Crippen molar-refractivity contribution in [3.8, 4) is 0 Å². The Labute approximate surface area is 84.8 Å². The van der Waals surface area contributed by atoms with Crippen molar-refractivity contribution in [3.05, 3.63) is 22.3 Å². The molecule has 0 aromatic rings. The van der Waals surface area contributed by atoms with Crippen molar-refractivity contribution >= 4 is 12.3 Å². The van der Waals surface area contributed by atoms with Crippen LogP contribution in [-0.2, 0) is 19.1 Å². The van der Waals surface area contributed by atoms with E-state index in [1.165, 1.54) is 13.0 Å². The van der Waals surface area contributed by atoms with E-state index in [-0.39, 0.29) is 6.42 Å². The SMILES string of the molecule is CCC(=O)OC1([N+](=O)[O-])C=CC(C=O)O1. The molecule has 15 heavy (non-hydrogen) atoms. The number of hydrogen-bond acceptors (Lipinski definition) is 6. The molecule has 0 aromatic heterocycles. The Morgan fingerprint density at radius 3 is 2.87 bits per heavy atom. The van der Waals surface area contributed by atoms with E-state index >= 15 is 0 Å². The number of hydrogen-bond donors (Lipinski definition) is 0. The normalized spacial score (nSPS) is 28.7. The monoisotopic (exact) mass is 215 g/mol. The summed E-state index contributed by atoms with van der Waals surface area (Å²) < 4.78 is 9.25. The number of nitro groups is 1. The molecule has 0 radical (unpaired) electrons. The summed E-state index contributed by atoms with van der Waals surface area (Å²) in [4.78, 5) is 31.0. The predicted octanol–water partition coefficient (Wildman–Crippen LogP) is 0.0240. The summed E-state index contributed by atoms with van der Waals surface area (Å²) >= 11 is 0. The third-order valence-corrected chi connectivity index (χ3v) is 1.74. The quantitative estimate of drug-likeness (QED) is 0.164. The molecule has 0 fully saturated rings. The Bertz CT molecular complexity index is 325. The van der Waals surface area contributed by atoms with E-state index in [9.17, 15) is 19.7 Å². The Morgan fingerprint density at radius 1 is 1.80 bits per heavy atom. The second-order valence-corrected chi connectivity index (χ2v) is 2.79. The van der Waals surface area contributed by atoms with Crippen LogP contribution in [0.1, 0.15) is 13.3 Å². The maximum Gasteiger partial charge on any atom is 0.508 e. The highest BCUT2D eigenvalue weighted by Gasteiger charge is 2.52. The zero-order valence-corrected chi connectivity index (χ0v) is 7.91. The summed E-state index contributed by atoms with van der Waals surface area (Å²) in [6.07, 6.45) is 1.42. The molecule has 0 spiro atoms. The fourth-order valence-electron chi connectivity index (χ4n) is 0.998. The highest BCUT2D eigenvalue weighted by atomic mass is 16.8. The minimum absolute atomic E-state index is 0.0153. The first-order chi connectivity index (χ1) is 7.04. The average molecular weight is 215 g/mol. The Morgan fingerprint density at radius 2 is 2.47 bits per heavy atom. The highest BCUT2D eigenvalue weighted by Crippen LogP contribution is 2.25. The Balaban J connectivity index is 2.83. The van der Waals surface area contributed by atoms with Gasteiger partial charge in [0.25, 0.3) is 0 Å². The molecule has 0 saturated heterocycles. The molecule has 0 amide bonds. The van der Waals surface area contributed by atoms with Crippen LogP contribution in [0.25, 0.3) is 0 Å². The smallest absolute Gasteiger partial charge is 0.369 e. The molecule has 0 aromatic carbocycles. The fraction of sp³-hybridized carbons (Fsp3) is 0.500. The van der Waals surface area contributed by atoms with Crippen molar-refractivity contribution in [1.82, 2.24) is 0 Å². The molecule has 7 nitrogen and oxygen atoms in total. The number of carbonyl (C=O) groups excluding carboxylic acids is 2. The molecule has 2 atom stereocenters. The van der Waals surface area contributed by atoms with Gasteiger partial charge in [-0.25, -0.2) is 0 Å². The summed E-state index contributed by atoms with van der Waals surface area (Å²) in [5.41, 5.74) is 0. The average Bonchev–Trinajstić information content (AvgIpc) is 2.62. The lowest BCUT2D eigenvalue weighted by Crippen LogP contribution is -2.43. The van der Waals surface area contributed by atoms with Crippen LogP contribution in [0.2, 0.25) is 0 Å². The van der Waals surface area contributed by atoms with E-state index in [4.69, 9.17) is 4.74 Å². The second-order valence-electron chi connectivity index (χ2n) is 2.79. The van der Waals surface area contributed by atoms with Gasteiger partial charge in [0.2, 0.25) is 0 Å². The van der Waals surface area contributed by atoms with Gasteiger partial charge in [-0.3, -0.25) is 19.6 Å². The van der Waals surface area contributed by atoms with E-state index < -0.39 is 22.9 Å². The van der Waals surface area contributed by atoms with Gasteiger partial charge in [0.1, 0.15) is 11.0 Å². The van der Waals surface area contributed by atoms with Crippen LogP contribution in [0.15, 0.2) is 12.2 Å². The van der Waals surface area contributed by atoms with Gasteiger partial charge in [-0.15, -0.1) is 0 Å². The van der Waals surface area contributed by atoms with Crippen LogP contribution in [0.5, 0.6) is 0 Å². The Kier molecular flexibility index (Phi) is 3.15. The zero-order chi connectivity index (χ0) is 11.5. The fourth-order valence-corrected chi connectivity index (χ4v) is 0.998. The highest BCUT2D eigenvalue weighted by molar-refractivity contribution is 5.69. The van der Waals surface area contributed by atoms with Crippen LogP contribution >= 0.6 is 0 Å². The molecule has 1 rings (SSSR count). The minimum atomic E-state index is -2.35. The molecule has 0 saturated carbocycles. The zero-order valence-electron chi connectivity index (χ0n) is 7.91. The first-order valence-electron chi connectivity index (χ1n) is 4.23. The van der Waals surface area contributed by atoms with Crippen molar-refractivity contribution in [2.45, 2.75) is 25.4 Å². The van der Waals surface area contributed by atoms with Crippen LogP contribution in [0.3, 0.4) is 0 Å². The molecular weight excluding hydrogens is 206 g/mol. The second kappa shape index (κ2) is 4.18. The van der Waals surface area contributed by atoms with Gasteiger partial charge < -0.3 is 9.53 Å². The third-order valence-electron chi connectivity index (χ3n) is 1.74. The van der Waals surface area contributed by atoms with Crippen molar-refractivity contribution < 1.29 is 24.0 Å². The number of aldehydes is 1. The minimum Gasteiger partial charge on any atom is -0.369 e. The molecule has 1 aliphatic heterocycles. The van der Waals surface area contributed by atoms with E-state index in [2.05, 4.69) is 4.74 Å². The van der Waals surface area contributed by atoms with Gasteiger partial charge in [0.05, 0.1) is 6.08 Å². The van der Waals surface area contributed by atoms with Crippen LogP contribution in [0.4, 0.5) is 0 Å². The molecular formula is C8H9NO6. The van der Waals surface area contributed by atoms with E-state index in [1.807, 2.05) is 0 Å². The van der Waals surface area contributed by atoms with Crippen LogP contribution in [0, 0.1) is 10.1 Å². The molecule has 1 heterocycles. The molecule has 0 N–H and O–H groups in total. The van der Waals surface area contributed by atoms with Crippen molar-refractivity contribution in [3.63, 3.8) is 0 Å². The number of nitrogens with zero attached hydrogens (tertiary/aromatic N) is 1. The van der Waals surface area contributed by atoms with Crippen molar-refractivity contribution in [1.29, 1.82) is 0 Å². The standard InChI is InChI=1S/C8H9NO6/c1-2-7(11)15-8(9(12)13)4-3-6(5-10)14-8/h3-6H,2H2,1H3. The first kappa shape index (κ1) is 11.3. The third kappa shape index (κ3) is 2.18. The van der Waals surface area contributed by atoms with Gasteiger partial charge in [0, 0.05) is 6.42 Å².